The lowest BCUT2D eigenvalue weighted by Gasteiger charge is -2.24. The van der Waals surface area contributed by atoms with E-state index in [1.807, 2.05) is 28.2 Å². The van der Waals surface area contributed by atoms with Gasteiger partial charge in [-0.3, -0.25) is 24.0 Å². The fourth-order valence-corrected chi connectivity index (χ4v) is 4.77. The lowest BCUT2D eigenvalue weighted by Crippen LogP contribution is -2.46. The Morgan fingerprint density at radius 2 is 0.780 bits per heavy atom. The Hall–Kier alpha value is -2.41. The van der Waals surface area contributed by atoms with Gasteiger partial charge in [-0.15, -0.1) is 0 Å². The number of ketones is 2. The SMILES string of the molecule is CNCCCC(CC(=O)NC(CCCNC)CC(=O)NC(CC(C)=O)CC(=O)NC(CCCNC)CC(C)=O)NC. The number of rotatable bonds is 26. The molecular formula is C29H57N7O5. The Labute approximate surface area is 247 Å². The zero-order chi connectivity index (χ0) is 31.0. The van der Waals surface area contributed by atoms with E-state index >= 15 is 0 Å². The molecule has 0 aromatic heterocycles. The third-order valence-corrected chi connectivity index (χ3v) is 6.80. The van der Waals surface area contributed by atoms with Crippen LogP contribution in [0.5, 0.6) is 0 Å². The minimum Gasteiger partial charge on any atom is -0.353 e. The fourth-order valence-electron chi connectivity index (χ4n) is 4.77. The van der Waals surface area contributed by atoms with Gasteiger partial charge in [0.1, 0.15) is 11.6 Å². The largest absolute Gasteiger partial charge is 0.353 e. The molecule has 238 valence electrons. The maximum atomic E-state index is 13.0. The van der Waals surface area contributed by atoms with Gasteiger partial charge in [0, 0.05) is 56.3 Å². The van der Waals surface area contributed by atoms with Crippen LogP contribution < -0.4 is 37.2 Å². The van der Waals surface area contributed by atoms with E-state index < -0.39 is 6.04 Å². The van der Waals surface area contributed by atoms with E-state index in [-0.39, 0.29) is 73.1 Å². The van der Waals surface area contributed by atoms with Gasteiger partial charge in [0.2, 0.25) is 17.7 Å². The summed E-state index contributed by atoms with van der Waals surface area (Å²) in [4.78, 5) is 62.3. The molecule has 0 spiro atoms. The molecule has 0 fully saturated rings. The third kappa shape index (κ3) is 21.9. The van der Waals surface area contributed by atoms with Crippen molar-refractivity contribution in [2.24, 2.45) is 0 Å². The first kappa shape index (κ1) is 38.6. The monoisotopic (exact) mass is 583 g/mol. The van der Waals surface area contributed by atoms with E-state index in [1.165, 1.54) is 13.8 Å². The van der Waals surface area contributed by atoms with Crippen LogP contribution in [-0.4, -0.2) is 101 Å². The summed E-state index contributed by atoms with van der Waals surface area (Å²) >= 11 is 0. The highest BCUT2D eigenvalue weighted by atomic mass is 16.2. The van der Waals surface area contributed by atoms with Crippen LogP contribution >= 0.6 is 0 Å². The van der Waals surface area contributed by atoms with Crippen LogP contribution in [0.2, 0.25) is 0 Å². The van der Waals surface area contributed by atoms with E-state index in [4.69, 9.17) is 0 Å². The van der Waals surface area contributed by atoms with Crippen LogP contribution in [0.4, 0.5) is 0 Å². The highest BCUT2D eigenvalue weighted by Gasteiger charge is 2.24. The molecule has 0 saturated heterocycles. The van der Waals surface area contributed by atoms with E-state index in [2.05, 4.69) is 37.2 Å². The van der Waals surface area contributed by atoms with Crippen molar-refractivity contribution in [2.45, 2.75) is 109 Å². The number of hydrogen-bond donors (Lipinski definition) is 7. The number of hydrogen-bond acceptors (Lipinski definition) is 9. The van der Waals surface area contributed by atoms with Crippen molar-refractivity contribution in [3.8, 4) is 0 Å². The first-order chi connectivity index (χ1) is 19.5. The number of carbonyl (C=O) groups excluding carboxylic acids is 5. The molecule has 0 aliphatic carbocycles. The summed E-state index contributed by atoms with van der Waals surface area (Å²) in [6.07, 6.45) is 5.17. The maximum absolute atomic E-state index is 13.0. The highest BCUT2D eigenvalue weighted by molar-refractivity contribution is 5.84. The average Bonchev–Trinajstić information content (AvgIpc) is 2.87. The summed E-state index contributed by atoms with van der Waals surface area (Å²) in [6.45, 7) is 5.30. The van der Waals surface area contributed by atoms with E-state index in [0.29, 0.717) is 19.3 Å². The van der Waals surface area contributed by atoms with Crippen molar-refractivity contribution < 1.29 is 24.0 Å². The number of Topliss-reactive ketones (excluding diaryl/α,β-unsaturated/α-hetero) is 2. The van der Waals surface area contributed by atoms with Crippen LogP contribution in [0.15, 0.2) is 0 Å². The maximum Gasteiger partial charge on any atom is 0.222 e. The van der Waals surface area contributed by atoms with Crippen molar-refractivity contribution in [1.82, 2.24) is 37.2 Å². The molecule has 0 saturated carbocycles. The lowest BCUT2D eigenvalue weighted by atomic mass is 10.0. The topological polar surface area (TPSA) is 170 Å². The van der Waals surface area contributed by atoms with Crippen LogP contribution in [0.25, 0.3) is 0 Å². The minimum atomic E-state index is -0.676. The lowest BCUT2D eigenvalue weighted by molar-refractivity contribution is -0.125. The summed E-state index contributed by atoms with van der Waals surface area (Å²) in [7, 11) is 7.43. The molecule has 0 radical (unpaired) electrons. The molecule has 0 heterocycles. The predicted molar refractivity (Wildman–Crippen MR) is 163 cm³/mol. The van der Waals surface area contributed by atoms with E-state index in [0.717, 1.165) is 45.3 Å². The number of nitrogens with one attached hydrogen (secondary N) is 7. The molecule has 4 atom stereocenters. The standard InChI is InChI=1S/C29H57N7O5/c1-21(37)16-24(11-8-14-31-4)34-29(41)20-26(17-22(2)38)36-28(40)19-25(12-9-15-32-5)35-27(39)18-23(33-6)10-7-13-30-3/h23-26,30-33H,7-20H2,1-6H3,(H,34,41)(H,35,39)(H,36,40). The Kier molecular flexibility index (Phi) is 22.8. The normalized spacial score (nSPS) is 14.0. The van der Waals surface area contributed by atoms with Crippen molar-refractivity contribution in [3.05, 3.63) is 0 Å². The van der Waals surface area contributed by atoms with Gasteiger partial charge in [0.15, 0.2) is 0 Å². The summed E-state index contributed by atoms with van der Waals surface area (Å²) in [6, 6.07) is -1.30. The molecule has 0 rings (SSSR count). The van der Waals surface area contributed by atoms with Crippen molar-refractivity contribution in [1.29, 1.82) is 0 Å². The molecule has 0 aliphatic heterocycles. The van der Waals surface area contributed by atoms with Crippen LogP contribution in [0.3, 0.4) is 0 Å². The van der Waals surface area contributed by atoms with Crippen molar-refractivity contribution >= 4 is 29.3 Å². The molecule has 0 bridgehead atoms. The second-order valence-electron chi connectivity index (χ2n) is 10.9. The van der Waals surface area contributed by atoms with Gasteiger partial charge >= 0.3 is 0 Å². The highest BCUT2D eigenvalue weighted by Crippen LogP contribution is 2.09. The van der Waals surface area contributed by atoms with Crippen LogP contribution in [-0.2, 0) is 24.0 Å². The second-order valence-corrected chi connectivity index (χ2v) is 10.9. The molecule has 41 heavy (non-hydrogen) atoms. The quantitative estimate of drug-likeness (QED) is 0.0701. The van der Waals surface area contributed by atoms with Crippen LogP contribution in [0, 0.1) is 0 Å². The van der Waals surface area contributed by atoms with Gasteiger partial charge in [0.05, 0.1) is 0 Å². The molecule has 0 aromatic rings. The summed E-state index contributed by atoms with van der Waals surface area (Å²) in [5.74, 6) is -0.924. The van der Waals surface area contributed by atoms with E-state index in [1.54, 1.807) is 0 Å². The van der Waals surface area contributed by atoms with Gasteiger partial charge in [-0.25, -0.2) is 0 Å². The van der Waals surface area contributed by atoms with Crippen LogP contribution in [0.1, 0.15) is 84.5 Å². The first-order valence-electron chi connectivity index (χ1n) is 15.0. The molecule has 12 heteroatoms. The Balaban J connectivity index is 5.22. The Bertz CT molecular complexity index is 781. The van der Waals surface area contributed by atoms with Gasteiger partial charge in [-0.2, -0.15) is 0 Å². The first-order valence-corrected chi connectivity index (χ1v) is 15.0. The summed E-state index contributed by atoms with van der Waals surface area (Å²) in [5, 5.41) is 21.2. The van der Waals surface area contributed by atoms with Gasteiger partial charge in [-0.05, 0) is 100 Å². The van der Waals surface area contributed by atoms with Gasteiger partial charge in [-0.1, -0.05) is 0 Å². The summed E-state index contributed by atoms with van der Waals surface area (Å²) < 4.78 is 0. The predicted octanol–water partition coefficient (Wildman–Crippen LogP) is 0.156. The van der Waals surface area contributed by atoms with Gasteiger partial charge in [0.25, 0.3) is 0 Å². The van der Waals surface area contributed by atoms with Gasteiger partial charge < -0.3 is 37.2 Å². The Morgan fingerprint density at radius 3 is 1.17 bits per heavy atom. The number of carbonyl (C=O) groups is 5. The second kappa shape index (κ2) is 24.2. The van der Waals surface area contributed by atoms with Crippen molar-refractivity contribution in [2.75, 3.05) is 47.8 Å². The Morgan fingerprint density at radius 1 is 0.463 bits per heavy atom. The average molecular weight is 584 g/mol. The van der Waals surface area contributed by atoms with Crippen molar-refractivity contribution in [3.63, 3.8) is 0 Å². The number of amides is 3. The molecule has 12 nitrogen and oxygen atoms in total. The molecule has 4 unspecified atom stereocenters. The molecule has 7 N–H and O–H groups in total. The zero-order valence-corrected chi connectivity index (χ0v) is 26.3. The molecule has 3 amide bonds. The molecular weight excluding hydrogens is 526 g/mol. The smallest absolute Gasteiger partial charge is 0.222 e. The third-order valence-electron chi connectivity index (χ3n) is 6.80. The fraction of sp³-hybridized carbons (Fsp3) is 0.828. The van der Waals surface area contributed by atoms with E-state index in [9.17, 15) is 24.0 Å². The zero-order valence-electron chi connectivity index (χ0n) is 26.3. The summed E-state index contributed by atoms with van der Waals surface area (Å²) in [5.41, 5.74) is 0. The molecule has 0 aromatic carbocycles. The molecule has 0 aliphatic rings. The minimum absolute atomic E-state index is 0.0151.